The number of ether oxygens (including phenoxy) is 1. The SMILES string of the molecule is Cc1ncc(CC(=O)NC2CCC(CCN3CCC(N)=C(C=NCOCC(F)F)CC3)CC2)s1. The molecule has 1 fully saturated rings. The summed E-state index contributed by atoms with van der Waals surface area (Å²) in [5, 5.41) is 4.20. The summed E-state index contributed by atoms with van der Waals surface area (Å²) in [5.74, 6) is 0.792. The fourth-order valence-electron chi connectivity index (χ4n) is 4.59. The molecule has 1 aliphatic carbocycles. The Balaban J connectivity index is 1.30. The highest BCUT2D eigenvalue weighted by Crippen LogP contribution is 2.28. The van der Waals surface area contributed by atoms with Crippen LogP contribution in [0.5, 0.6) is 0 Å². The number of thiazole rings is 1. The molecule has 1 amide bonds. The molecule has 0 bridgehead atoms. The Labute approximate surface area is 204 Å². The second-order valence-corrected chi connectivity index (χ2v) is 10.5. The number of nitrogens with two attached hydrogens (primary N) is 1. The van der Waals surface area contributed by atoms with E-state index in [-0.39, 0.29) is 18.7 Å². The number of carbonyl (C=O) groups excluding carboxylic acids is 1. The number of amides is 1. The van der Waals surface area contributed by atoms with Crippen LogP contribution in [-0.2, 0) is 16.0 Å². The Morgan fingerprint density at radius 2 is 2.12 bits per heavy atom. The summed E-state index contributed by atoms with van der Waals surface area (Å²) in [5.41, 5.74) is 8.01. The van der Waals surface area contributed by atoms with Gasteiger partial charge in [-0.25, -0.2) is 13.8 Å². The smallest absolute Gasteiger partial charge is 0.261 e. The number of carbonyl (C=O) groups is 1. The topological polar surface area (TPSA) is 92.8 Å². The highest BCUT2D eigenvalue weighted by atomic mass is 32.1. The second kappa shape index (κ2) is 13.8. The first-order valence-electron chi connectivity index (χ1n) is 12.1. The van der Waals surface area contributed by atoms with E-state index < -0.39 is 13.0 Å². The van der Waals surface area contributed by atoms with Gasteiger partial charge in [-0.2, -0.15) is 0 Å². The molecule has 0 saturated heterocycles. The molecule has 10 heteroatoms. The highest BCUT2D eigenvalue weighted by Gasteiger charge is 2.23. The van der Waals surface area contributed by atoms with E-state index >= 15 is 0 Å². The lowest BCUT2D eigenvalue weighted by Crippen LogP contribution is -2.38. The molecule has 3 rings (SSSR count). The van der Waals surface area contributed by atoms with Crippen LogP contribution in [0.3, 0.4) is 0 Å². The van der Waals surface area contributed by atoms with Crippen LogP contribution < -0.4 is 11.1 Å². The van der Waals surface area contributed by atoms with E-state index in [2.05, 4.69) is 20.2 Å². The van der Waals surface area contributed by atoms with Crippen LogP contribution in [-0.4, -0.2) is 67.4 Å². The standard InChI is InChI=1S/C24H37F2N5O2S/c1-17-29-14-21(34-17)12-24(32)30-20-4-2-18(3-5-20)6-9-31-10-7-19(22(27)8-11-31)13-28-16-33-15-23(25)26/h13-14,18,20,23H,2-12,15-16,27H2,1H3,(H,30,32). The predicted molar refractivity (Wildman–Crippen MR) is 131 cm³/mol. The second-order valence-electron chi connectivity index (χ2n) is 9.19. The summed E-state index contributed by atoms with van der Waals surface area (Å²) >= 11 is 1.58. The molecule has 0 aromatic carbocycles. The summed E-state index contributed by atoms with van der Waals surface area (Å²) in [6, 6.07) is 0.284. The van der Waals surface area contributed by atoms with Gasteiger partial charge < -0.3 is 20.7 Å². The summed E-state index contributed by atoms with van der Waals surface area (Å²) in [7, 11) is 0. The summed E-state index contributed by atoms with van der Waals surface area (Å²) < 4.78 is 29.0. The van der Waals surface area contributed by atoms with Gasteiger partial charge in [-0.15, -0.1) is 11.3 Å². The zero-order chi connectivity index (χ0) is 24.3. The van der Waals surface area contributed by atoms with Crippen molar-refractivity contribution in [2.24, 2.45) is 16.6 Å². The molecule has 0 spiro atoms. The monoisotopic (exact) mass is 497 g/mol. The zero-order valence-corrected chi connectivity index (χ0v) is 20.8. The maximum absolute atomic E-state index is 12.3. The third-order valence-electron chi connectivity index (χ3n) is 6.53. The Bertz CT molecular complexity index is 837. The van der Waals surface area contributed by atoms with Gasteiger partial charge in [0.25, 0.3) is 6.43 Å². The van der Waals surface area contributed by atoms with E-state index in [9.17, 15) is 13.6 Å². The van der Waals surface area contributed by atoms with E-state index in [0.29, 0.717) is 12.3 Å². The van der Waals surface area contributed by atoms with Crippen LogP contribution in [0, 0.1) is 12.8 Å². The summed E-state index contributed by atoms with van der Waals surface area (Å²) in [4.78, 5) is 24.1. The third-order valence-corrected chi connectivity index (χ3v) is 7.45. The van der Waals surface area contributed by atoms with Crippen molar-refractivity contribution in [1.29, 1.82) is 0 Å². The van der Waals surface area contributed by atoms with Crippen molar-refractivity contribution in [1.82, 2.24) is 15.2 Å². The van der Waals surface area contributed by atoms with Crippen molar-refractivity contribution < 1.29 is 18.3 Å². The Morgan fingerprint density at radius 3 is 2.82 bits per heavy atom. The van der Waals surface area contributed by atoms with E-state index in [1.54, 1.807) is 23.7 Å². The number of aromatic nitrogens is 1. The van der Waals surface area contributed by atoms with Gasteiger partial charge in [-0.05, 0) is 69.9 Å². The number of hydrogen-bond acceptors (Lipinski definition) is 7. The first kappa shape index (κ1) is 26.7. The van der Waals surface area contributed by atoms with Gasteiger partial charge in [-0.1, -0.05) is 0 Å². The van der Waals surface area contributed by atoms with E-state index in [0.717, 1.165) is 85.7 Å². The average Bonchev–Trinajstić information content (AvgIpc) is 3.12. The highest BCUT2D eigenvalue weighted by molar-refractivity contribution is 7.11. The minimum absolute atomic E-state index is 0.0706. The van der Waals surface area contributed by atoms with Crippen molar-refractivity contribution >= 4 is 23.5 Å². The van der Waals surface area contributed by atoms with E-state index in [1.165, 1.54) is 0 Å². The number of hydrogen-bond donors (Lipinski definition) is 2. The molecule has 0 unspecified atom stereocenters. The molecule has 1 saturated carbocycles. The van der Waals surface area contributed by atoms with Crippen LogP contribution >= 0.6 is 11.3 Å². The van der Waals surface area contributed by atoms with Gasteiger partial charge in [0.1, 0.15) is 13.3 Å². The number of halogens is 2. The fraction of sp³-hybridized carbons (Fsp3) is 0.708. The number of aliphatic imine (C=N–C) groups is 1. The molecular weight excluding hydrogens is 460 g/mol. The third kappa shape index (κ3) is 9.38. The molecule has 34 heavy (non-hydrogen) atoms. The van der Waals surface area contributed by atoms with Crippen molar-refractivity contribution in [2.75, 3.05) is 33.0 Å². The van der Waals surface area contributed by atoms with Crippen LogP contribution in [0.15, 0.2) is 22.5 Å². The van der Waals surface area contributed by atoms with Crippen LogP contribution in [0.1, 0.15) is 54.8 Å². The molecule has 7 nitrogen and oxygen atoms in total. The van der Waals surface area contributed by atoms with Crippen molar-refractivity contribution in [3.8, 4) is 0 Å². The molecule has 1 aliphatic heterocycles. The Hall–Kier alpha value is -1.91. The Kier molecular flexibility index (Phi) is 10.9. The average molecular weight is 498 g/mol. The van der Waals surface area contributed by atoms with Crippen molar-refractivity contribution in [2.45, 2.75) is 70.8 Å². The lowest BCUT2D eigenvalue weighted by Gasteiger charge is -2.30. The van der Waals surface area contributed by atoms with Gasteiger partial charge in [0, 0.05) is 42.1 Å². The predicted octanol–water partition coefficient (Wildman–Crippen LogP) is 3.68. The molecule has 190 valence electrons. The molecule has 0 radical (unpaired) electrons. The summed E-state index contributed by atoms with van der Waals surface area (Å²) in [6.45, 7) is 4.17. The molecular formula is C24H37F2N5O2S. The largest absolute Gasteiger partial charge is 0.402 e. The van der Waals surface area contributed by atoms with E-state index in [1.807, 2.05) is 6.92 Å². The molecule has 2 aliphatic rings. The quantitative estimate of drug-likeness (QED) is 0.359. The van der Waals surface area contributed by atoms with Gasteiger partial charge in [-0.3, -0.25) is 9.79 Å². The minimum atomic E-state index is -2.47. The lowest BCUT2D eigenvalue weighted by molar-refractivity contribution is -0.121. The Morgan fingerprint density at radius 1 is 1.35 bits per heavy atom. The summed E-state index contributed by atoms with van der Waals surface area (Å²) in [6.07, 6.45) is 8.56. The number of nitrogens with zero attached hydrogens (tertiary/aromatic N) is 3. The zero-order valence-electron chi connectivity index (χ0n) is 20.0. The number of alkyl halides is 2. The van der Waals surface area contributed by atoms with E-state index in [4.69, 9.17) is 10.5 Å². The van der Waals surface area contributed by atoms with Crippen LogP contribution in [0.25, 0.3) is 0 Å². The molecule has 1 aromatic heterocycles. The normalized spacial score (nSPS) is 22.5. The first-order chi connectivity index (χ1) is 16.4. The fourth-order valence-corrected chi connectivity index (χ4v) is 5.38. The maximum Gasteiger partial charge on any atom is 0.261 e. The molecule has 1 aromatic rings. The number of aryl methyl sites for hydroxylation is 1. The van der Waals surface area contributed by atoms with Gasteiger partial charge in [0.05, 0.1) is 11.4 Å². The lowest BCUT2D eigenvalue weighted by atomic mass is 9.84. The molecule has 0 atom stereocenters. The minimum Gasteiger partial charge on any atom is -0.402 e. The number of rotatable bonds is 11. The van der Waals surface area contributed by atoms with Gasteiger partial charge >= 0.3 is 0 Å². The van der Waals surface area contributed by atoms with Gasteiger partial charge in [0.15, 0.2) is 0 Å². The van der Waals surface area contributed by atoms with Crippen LogP contribution in [0.4, 0.5) is 8.78 Å². The van der Waals surface area contributed by atoms with Gasteiger partial charge in [0.2, 0.25) is 5.91 Å². The number of nitrogens with one attached hydrogen (secondary N) is 1. The van der Waals surface area contributed by atoms with Crippen molar-refractivity contribution in [3.63, 3.8) is 0 Å². The molecule has 2 heterocycles. The maximum atomic E-state index is 12.3. The molecule has 3 N–H and O–H groups in total. The van der Waals surface area contributed by atoms with Crippen molar-refractivity contribution in [3.05, 3.63) is 27.4 Å². The first-order valence-corrected chi connectivity index (χ1v) is 13.0. The van der Waals surface area contributed by atoms with Crippen LogP contribution in [0.2, 0.25) is 0 Å².